The number of alkyl halides is 35. The van der Waals surface area contributed by atoms with E-state index in [-0.39, 0.29) is 0 Å². The lowest BCUT2D eigenvalue weighted by Crippen LogP contribution is -2.72. The predicted octanol–water partition coefficient (Wildman–Crippen LogP) is 11.0. The van der Waals surface area contributed by atoms with E-state index in [1.807, 2.05) is 0 Å². The Bertz CT molecular complexity index is 1380. The highest BCUT2D eigenvalue weighted by Gasteiger charge is 2.91. The Balaban J connectivity index is 7.87. The minimum Gasteiger partial charge on any atom is -0.272 e. The standard InChI is InChI=1S/C17HF35O5/c18-1(2(19,20)21)53-14(45,46)4(24,9(31,32)33)55-16(49,50)6(26,11(37,38)39)57-17(51,52)7(27,12(40,41)42)56-15(47,48)5(25,10(34,35)36)54-13(43,44)3(22,23)8(28,29)30/h1H/t1-,4+,5-,6-,7-/m0/s1. The van der Waals surface area contributed by atoms with Crippen molar-refractivity contribution in [3.63, 3.8) is 0 Å². The molecule has 0 aliphatic carbocycles. The van der Waals surface area contributed by atoms with Gasteiger partial charge in [-0.2, -0.15) is 149 Å². The molecular weight excluding hydrogens is 949 g/mol. The molecule has 5 nitrogen and oxygen atoms in total. The van der Waals surface area contributed by atoms with E-state index in [4.69, 9.17) is 0 Å². The summed E-state index contributed by atoms with van der Waals surface area (Å²) in [6.07, 6.45) is -103. The van der Waals surface area contributed by atoms with Gasteiger partial charge in [-0.25, -0.2) is 4.39 Å². The van der Waals surface area contributed by atoms with Crippen LogP contribution in [0.2, 0.25) is 0 Å². The first-order valence-electron chi connectivity index (χ1n) is 11.5. The van der Waals surface area contributed by atoms with Gasteiger partial charge in [-0.15, -0.1) is 0 Å². The fraction of sp³-hybridized carbons (Fsp3) is 1.00. The van der Waals surface area contributed by atoms with Gasteiger partial charge in [-0.05, 0) is 0 Å². The van der Waals surface area contributed by atoms with Gasteiger partial charge in [0.1, 0.15) is 0 Å². The van der Waals surface area contributed by atoms with Gasteiger partial charge in [0, 0.05) is 0 Å². The van der Waals surface area contributed by atoms with E-state index in [2.05, 4.69) is 0 Å². The van der Waals surface area contributed by atoms with E-state index in [9.17, 15) is 154 Å². The lowest BCUT2D eigenvalue weighted by atomic mass is 10.2. The Morgan fingerprint density at radius 2 is 0.439 bits per heavy atom. The van der Waals surface area contributed by atoms with Crippen molar-refractivity contribution >= 4 is 0 Å². The van der Waals surface area contributed by atoms with E-state index < -0.39 is 103 Å². The maximum atomic E-state index is 14.5. The van der Waals surface area contributed by atoms with E-state index >= 15 is 0 Å². The van der Waals surface area contributed by atoms with Crippen molar-refractivity contribution in [2.24, 2.45) is 0 Å². The van der Waals surface area contributed by atoms with Crippen LogP contribution in [-0.4, -0.2) is 103 Å². The number of halogens is 35. The van der Waals surface area contributed by atoms with Crippen LogP contribution in [0.4, 0.5) is 154 Å². The van der Waals surface area contributed by atoms with Crippen LogP contribution in [0, 0.1) is 0 Å². The molecule has 57 heavy (non-hydrogen) atoms. The van der Waals surface area contributed by atoms with Crippen LogP contribution in [-0.2, 0) is 23.7 Å². The van der Waals surface area contributed by atoms with E-state index in [1.54, 1.807) is 0 Å². The first-order chi connectivity index (χ1) is 24.0. The van der Waals surface area contributed by atoms with Gasteiger partial charge in [-0.1, -0.05) is 0 Å². The zero-order valence-electron chi connectivity index (χ0n) is 23.8. The number of rotatable bonds is 15. The molecule has 0 bridgehead atoms. The summed E-state index contributed by atoms with van der Waals surface area (Å²) in [6, 6.07) is 0. The van der Waals surface area contributed by atoms with Gasteiger partial charge in [0.25, 0.3) is 6.36 Å². The fourth-order valence-corrected chi connectivity index (χ4v) is 2.53. The van der Waals surface area contributed by atoms with Crippen molar-refractivity contribution in [1.82, 2.24) is 0 Å². The molecular formula is C17HF35O5. The normalized spacial score (nSPS) is 20.7. The Labute approximate surface area is 282 Å². The van der Waals surface area contributed by atoms with Crippen molar-refractivity contribution in [3.8, 4) is 0 Å². The third-order valence-electron chi connectivity index (χ3n) is 5.26. The van der Waals surface area contributed by atoms with Crippen LogP contribution in [0.3, 0.4) is 0 Å². The number of hydrogen-bond acceptors (Lipinski definition) is 5. The molecule has 0 aliphatic heterocycles. The van der Waals surface area contributed by atoms with Gasteiger partial charge in [-0.3, -0.25) is 23.7 Å². The Hall–Kier alpha value is -2.65. The highest BCUT2D eigenvalue weighted by molar-refractivity contribution is 5.00. The van der Waals surface area contributed by atoms with Crippen LogP contribution in [0.5, 0.6) is 0 Å². The molecule has 0 rings (SSSR count). The molecule has 0 amide bonds. The van der Waals surface area contributed by atoms with Crippen molar-refractivity contribution < 1.29 is 177 Å². The van der Waals surface area contributed by atoms with Crippen molar-refractivity contribution in [3.05, 3.63) is 0 Å². The Kier molecular flexibility index (Phi) is 13.6. The molecule has 0 aromatic heterocycles. The minimum atomic E-state index is -9.53. The van der Waals surface area contributed by atoms with Crippen LogP contribution in [0.25, 0.3) is 0 Å². The fourth-order valence-electron chi connectivity index (χ4n) is 2.53. The summed E-state index contributed by atoms with van der Waals surface area (Å²) in [4.78, 5) is 0. The smallest absolute Gasteiger partial charge is 0.272 e. The lowest BCUT2D eigenvalue weighted by molar-refractivity contribution is -0.599. The van der Waals surface area contributed by atoms with Crippen molar-refractivity contribution in [1.29, 1.82) is 0 Å². The largest absolute Gasteiger partial charge is 0.462 e. The highest BCUT2D eigenvalue weighted by Crippen LogP contribution is 2.62. The molecule has 0 aromatic rings. The van der Waals surface area contributed by atoms with Crippen LogP contribution in [0.15, 0.2) is 0 Å². The summed E-state index contributed by atoms with van der Waals surface area (Å²) < 4.78 is 467. The second-order valence-corrected chi connectivity index (χ2v) is 9.41. The minimum absolute atomic E-state index is 0.705. The average Bonchev–Trinajstić information content (AvgIpc) is 2.87. The zero-order valence-corrected chi connectivity index (χ0v) is 23.8. The SMILES string of the molecule is F[C@@H](OC(F)(F)[C@](F)(OC(F)(F)[C@@](F)(OC(F)(F)[C@@](F)(OC(F)(F)[C@@](F)(OC(F)(F)C(F)(F)C(F)(F)F)C(F)(F)F)C(F)(F)F)C(F)(F)F)C(F)(F)F)C(F)(F)F. The summed E-state index contributed by atoms with van der Waals surface area (Å²) in [7, 11) is 0. The zero-order chi connectivity index (χ0) is 47.1. The van der Waals surface area contributed by atoms with Crippen molar-refractivity contribution in [2.45, 2.75) is 103 Å². The summed E-state index contributed by atoms with van der Waals surface area (Å²) >= 11 is 0. The monoisotopic (exact) mass is 950 g/mol. The summed E-state index contributed by atoms with van der Waals surface area (Å²) in [5.41, 5.74) is 0. The molecule has 0 saturated heterocycles. The van der Waals surface area contributed by atoms with E-state index in [0.717, 1.165) is 9.47 Å². The van der Waals surface area contributed by atoms with Gasteiger partial charge < -0.3 is 0 Å². The number of ether oxygens (including phenoxy) is 5. The Morgan fingerprint density at radius 3 is 0.614 bits per heavy atom. The third-order valence-corrected chi connectivity index (χ3v) is 5.26. The molecule has 0 spiro atoms. The second kappa shape index (κ2) is 14.2. The molecule has 5 atom stereocenters. The van der Waals surface area contributed by atoms with Gasteiger partial charge in [0.05, 0.1) is 0 Å². The quantitative estimate of drug-likeness (QED) is 0.153. The topological polar surface area (TPSA) is 46.2 Å². The maximum absolute atomic E-state index is 14.5. The maximum Gasteiger partial charge on any atom is 0.462 e. The highest BCUT2D eigenvalue weighted by atomic mass is 19.5. The molecule has 0 aromatic carbocycles. The summed E-state index contributed by atoms with van der Waals surface area (Å²) in [5, 5.41) is 0. The molecule has 40 heteroatoms. The summed E-state index contributed by atoms with van der Waals surface area (Å²) in [5.74, 6) is -45.6. The van der Waals surface area contributed by atoms with Gasteiger partial charge in [0.2, 0.25) is 0 Å². The first kappa shape index (κ1) is 54.3. The Morgan fingerprint density at radius 1 is 0.246 bits per heavy atom. The van der Waals surface area contributed by atoms with Crippen LogP contribution < -0.4 is 0 Å². The molecule has 0 fully saturated rings. The molecule has 0 unspecified atom stereocenters. The predicted molar refractivity (Wildman–Crippen MR) is 91.7 cm³/mol. The van der Waals surface area contributed by atoms with Gasteiger partial charge in [0.15, 0.2) is 0 Å². The molecule has 344 valence electrons. The van der Waals surface area contributed by atoms with Crippen molar-refractivity contribution in [2.75, 3.05) is 0 Å². The second-order valence-electron chi connectivity index (χ2n) is 9.41. The van der Waals surface area contributed by atoms with Crippen LogP contribution in [0.1, 0.15) is 0 Å². The molecule has 0 N–H and O–H groups in total. The van der Waals surface area contributed by atoms with E-state index in [1.165, 1.54) is 4.74 Å². The molecule has 0 aliphatic rings. The van der Waals surface area contributed by atoms with Crippen LogP contribution >= 0.6 is 0 Å². The molecule has 0 saturated carbocycles. The van der Waals surface area contributed by atoms with Gasteiger partial charge >= 0.3 is 96.9 Å². The third kappa shape index (κ3) is 9.40. The average molecular weight is 950 g/mol. The first-order valence-corrected chi connectivity index (χ1v) is 11.5. The number of hydrogen-bond donors (Lipinski definition) is 0. The molecule has 0 heterocycles. The summed E-state index contributed by atoms with van der Waals surface area (Å²) in [6.45, 7) is 0. The van der Waals surface area contributed by atoms with E-state index in [0.29, 0.717) is 9.47 Å². The lowest BCUT2D eigenvalue weighted by Gasteiger charge is -2.44. The molecule has 0 radical (unpaired) electrons.